The van der Waals surface area contributed by atoms with E-state index in [2.05, 4.69) is 16.0 Å². The highest BCUT2D eigenvalue weighted by Gasteiger charge is 2.28. The predicted octanol–water partition coefficient (Wildman–Crippen LogP) is -1.75. The SMILES string of the molecule is CNC(=O)[C@H](CC(N)=O)NC(=O)[C@@H](NC(C)=O)C(C)C. The first kappa shape index (κ1) is 17.9. The summed E-state index contributed by atoms with van der Waals surface area (Å²) in [6.07, 6.45) is -0.309. The van der Waals surface area contributed by atoms with E-state index in [1.54, 1.807) is 13.8 Å². The van der Waals surface area contributed by atoms with Crippen LogP contribution in [0.25, 0.3) is 0 Å². The molecule has 0 spiro atoms. The molecule has 0 aliphatic rings. The van der Waals surface area contributed by atoms with Crippen LogP contribution in [0.3, 0.4) is 0 Å². The van der Waals surface area contributed by atoms with E-state index < -0.39 is 29.8 Å². The molecule has 0 aromatic heterocycles. The lowest BCUT2D eigenvalue weighted by atomic mass is 10.0. The van der Waals surface area contributed by atoms with E-state index in [-0.39, 0.29) is 18.2 Å². The molecule has 0 saturated carbocycles. The minimum atomic E-state index is -1.06. The Morgan fingerprint density at radius 3 is 1.95 bits per heavy atom. The van der Waals surface area contributed by atoms with E-state index in [9.17, 15) is 19.2 Å². The van der Waals surface area contributed by atoms with E-state index in [4.69, 9.17) is 5.73 Å². The summed E-state index contributed by atoms with van der Waals surface area (Å²) in [5.41, 5.74) is 5.04. The number of rotatable bonds is 7. The number of nitrogens with two attached hydrogens (primary N) is 1. The molecule has 0 fully saturated rings. The third kappa shape index (κ3) is 6.17. The van der Waals surface area contributed by atoms with Crippen LogP contribution in [0, 0.1) is 5.92 Å². The van der Waals surface area contributed by atoms with Crippen LogP contribution in [0.15, 0.2) is 0 Å². The van der Waals surface area contributed by atoms with Gasteiger partial charge in [-0.2, -0.15) is 0 Å². The molecule has 8 nitrogen and oxygen atoms in total. The summed E-state index contributed by atoms with van der Waals surface area (Å²) in [6, 6.07) is -1.84. The molecular weight excluding hydrogens is 264 g/mol. The van der Waals surface area contributed by atoms with Crippen molar-refractivity contribution in [3.8, 4) is 0 Å². The monoisotopic (exact) mass is 286 g/mol. The third-order valence-electron chi connectivity index (χ3n) is 2.59. The second kappa shape index (κ2) is 8.13. The number of amides is 4. The second-order valence-corrected chi connectivity index (χ2v) is 4.77. The molecule has 0 unspecified atom stereocenters. The normalized spacial score (nSPS) is 13.2. The van der Waals surface area contributed by atoms with Gasteiger partial charge in [-0.1, -0.05) is 13.8 Å². The van der Waals surface area contributed by atoms with Gasteiger partial charge in [0, 0.05) is 14.0 Å². The molecular formula is C12H22N4O4. The van der Waals surface area contributed by atoms with Gasteiger partial charge in [-0.05, 0) is 5.92 Å². The molecule has 0 aliphatic heterocycles. The van der Waals surface area contributed by atoms with Crippen LogP contribution < -0.4 is 21.7 Å². The first-order valence-corrected chi connectivity index (χ1v) is 6.26. The van der Waals surface area contributed by atoms with Crippen LogP contribution >= 0.6 is 0 Å². The number of likely N-dealkylation sites (N-methyl/N-ethyl adjacent to an activating group) is 1. The summed E-state index contributed by atoms with van der Waals surface area (Å²) in [4.78, 5) is 45.6. The average molecular weight is 286 g/mol. The number of carbonyl (C=O) groups excluding carboxylic acids is 4. The molecule has 0 bridgehead atoms. The van der Waals surface area contributed by atoms with Crippen LogP contribution in [0.4, 0.5) is 0 Å². The second-order valence-electron chi connectivity index (χ2n) is 4.77. The first-order valence-electron chi connectivity index (χ1n) is 6.26. The maximum Gasteiger partial charge on any atom is 0.243 e. The number of carbonyl (C=O) groups is 4. The van der Waals surface area contributed by atoms with Crippen LogP contribution in [0.5, 0.6) is 0 Å². The van der Waals surface area contributed by atoms with Crippen molar-refractivity contribution < 1.29 is 19.2 Å². The highest BCUT2D eigenvalue weighted by atomic mass is 16.2. The van der Waals surface area contributed by atoms with E-state index >= 15 is 0 Å². The van der Waals surface area contributed by atoms with Crippen molar-refractivity contribution in [3.63, 3.8) is 0 Å². The Balaban J connectivity index is 4.90. The molecule has 114 valence electrons. The van der Waals surface area contributed by atoms with Crippen LogP contribution in [-0.2, 0) is 19.2 Å². The summed E-state index contributed by atoms with van der Waals surface area (Å²) in [7, 11) is 1.39. The van der Waals surface area contributed by atoms with Gasteiger partial charge < -0.3 is 21.7 Å². The minimum Gasteiger partial charge on any atom is -0.370 e. The van der Waals surface area contributed by atoms with Crippen LogP contribution in [0.1, 0.15) is 27.2 Å². The third-order valence-corrected chi connectivity index (χ3v) is 2.59. The molecule has 0 radical (unpaired) electrons. The average Bonchev–Trinajstić information content (AvgIpc) is 2.32. The van der Waals surface area contributed by atoms with Crippen LogP contribution in [0.2, 0.25) is 0 Å². The van der Waals surface area contributed by atoms with Gasteiger partial charge in [0.1, 0.15) is 12.1 Å². The smallest absolute Gasteiger partial charge is 0.243 e. The Labute approximate surface area is 117 Å². The van der Waals surface area contributed by atoms with Gasteiger partial charge in [0.25, 0.3) is 0 Å². The Bertz CT molecular complexity index is 395. The van der Waals surface area contributed by atoms with Gasteiger partial charge in [0.05, 0.1) is 6.42 Å². The zero-order chi connectivity index (χ0) is 15.9. The number of primary amides is 1. The minimum absolute atomic E-state index is 0.169. The van der Waals surface area contributed by atoms with Crippen molar-refractivity contribution in [2.45, 2.75) is 39.3 Å². The Hall–Kier alpha value is -2.12. The molecule has 8 heteroatoms. The lowest BCUT2D eigenvalue weighted by molar-refractivity contribution is -0.133. The van der Waals surface area contributed by atoms with Crippen molar-refractivity contribution in [3.05, 3.63) is 0 Å². The quantitative estimate of drug-likeness (QED) is 0.442. The summed E-state index contributed by atoms with van der Waals surface area (Å²) in [5, 5.41) is 7.25. The van der Waals surface area contributed by atoms with Crippen LogP contribution in [-0.4, -0.2) is 42.8 Å². The van der Waals surface area contributed by atoms with Crippen molar-refractivity contribution in [2.24, 2.45) is 11.7 Å². The van der Waals surface area contributed by atoms with Gasteiger partial charge in [0.2, 0.25) is 23.6 Å². The van der Waals surface area contributed by atoms with E-state index in [0.29, 0.717) is 0 Å². The summed E-state index contributed by atoms with van der Waals surface area (Å²) >= 11 is 0. The fraction of sp³-hybridized carbons (Fsp3) is 0.667. The lowest BCUT2D eigenvalue weighted by Gasteiger charge is -2.24. The molecule has 0 rings (SSSR count). The maximum absolute atomic E-state index is 12.1. The van der Waals surface area contributed by atoms with Gasteiger partial charge in [-0.3, -0.25) is 19.2 Å². The van der Waals surface area contributed by atoms with Crippen molar-refractivity contribution in [2.75, 3.05) is 7.05 Å². The summed E-state index contributed by atoms with van der Waals surface area (Å²) in [5.74, 6) is -2.30. The predicted molar refractivity (Wildman–Crippen MR) is 72.3 cm³/mol. The van der Waals surface area contributed by atoms with E-state index in [0.717, 1.165) is 0 Å². The topological polar surface area (TPSA) is 130 Å². The Morgan fingerprint density at radius 1 is 1.05 bits per heavy atom. The molecule has 0 aliphatic carbocycles. The van der Waals surface area contributed by atoms with E-state index in [1.165, 1.54) is 14.0 Å². The number of hydrogen-bond acceptors (Lipinski definition) is 4. The van der Waals surface area contributed by atoms with Crippen molar-refractivity contribution >= 4 is 23.6 Å². The summed E-state index contributed by atoms with van der Waals surface area (Å²) in [6.45, 7) is 4.80. The molecule has 2 atom stereocenters. The maximum atomic E-state index is 12.1. The van der Waals surface area contributed by atoms with Gasteiger partial charge in [0.15, 0.2) is 0 Å². The standard InChI is InChI=1S/C12H22N4O4/c1-6(2)10(15-7(3)17)12(20)16-8(5-9(13)18)11(19)14-4/h6,8,10H,5H2,1-4H3,(H2,13,18)(H,14,19)(H,15,17)(H,16,20)/t8-,10-/m0/s1. The zero-order valence-corrected chi connectivity index (χ0v) is 12.1. The number of nitrogens with one attached hydrogen (secondary N) is 3. The Morgan fingerprint density at radius 2 is 1.60 bits per heavy atom. The highest BCUT2D eigenvalue weighted by Crippen LogP contribution is 2.03. The van der Waals surface area contributed by atoms with Gasteiger partial charge >= 0.3 is 0 Å². The fourth-order valence-electron chi connectivity index (χ4n) is 1.60. The van der Waals surface area contributed by atoms with Crippen molar-refractivity contribution in [1.82, 2.24) is 16.0 Å². The van der Waals surface area contributed by atoms with Gasteiger partial charge in [-0.25, -0.2) is 0 Å². The molecule has 0 aromatic rings. The molecule has 5 N–H and O–H groups in total. The van der Waals surface area contributed by atoms with Crippen molar-refractivity contribution in [1.29, 1.82) is 0 Å². The fourth-order valence-corrected chi connectivity index (χ4v) is 1.60. The lowest BCUT2D eigenvalue weighted by Crippen LogP contribution is -2.55. The molecule has 20 heavy (non-hydrogen) atoms. The van der Waals surface area contributed by atoms with E-state index in [1.807, 2.05) is 0 Å². The largest absolute Gasteiger partial charge is 0.370 e. The molecule has 0 saturated heterocycles. The molecule has 0 heterocycles. The molecule has 0 aromatic carbocycles. The first-order chi connectivity index (χ1) is 9.18. The Kier molecular flexibility index (Phi) is 7.27. The van der Waals surface area contributed by atoms with Gasteiger partial charge in [-0.15, -0.1) is 0 Å². The zero-order valence-electron chi connectivity index (χ0n) is 12.1. The summed E-state index contributed by atoms with van der Waals surface area (Å²) < 4.78 is 0. The number of hydrogen-bond donors (Lipinski definition) is 4. The highest BCUT2D eigenvalue weighted by molar-refractivity contribution is 5.94. The molecule has 4 amide bonds.